The van der Waals surface area contributed by atoms with Crippen molar-refractivity contribution in [1.82, 2.24) is 9.55 Å². The lowest BCUT2D eigenvalue weighted by atomic mass is 10.1. The molecule has 0 saturated heterocycles. The van der Waals surface area contributed by atoms with Crippen molar-refractivity contribution in [2.45, 2.75) is 20.0 Å². The fraction of sp³-hybridized carbons (Fsp3) is 0.308. The molecule has 0 atom stereocenters. The summed E-state index contributed by atoms with van der Waals surface area (Å²) >= 11 is 6.11. The van der Waals surface area contributed by atoms with Crippen LogP contribution in [0.25, 0.3) is 0 Å². The van der Waals surface area contributed by atoms with Crippen molar-refractivity contribution >= 4 is 23.0 Å². The van der Waals surface area contributed by atoms with Gasteiger partial charge in [-0.25, -0.2) is 4.98 Å². The van der Waals surface area contributed by atoms with Crippen LogP contribution >= 0.6 is 11.6 Å². The molecule has 0 saturated carbocycles. The maximum absolute atomic E-state index is 6.11. The van der Waals surface area contributed by atoms with Crippen LogP contribution in [0.3, 0.4) is 0 Å². The van der Waals surface area contributed by atoms with Crippen molar-refractivity contribution in [1.29, 1.82) is 0 Å². The third-order valence-corrected chi connectivity index (χ3v) is 3.73. The summed E-state index contributed by atoms with van der Waals surface area (Å²) in [5.41, 5.74) is 8.74. The third kappa shape index (κ3) is 1.82. The number of benzene rings is 1. The Hall–Kier alpha value is -1.68. The summed E-state index contributed by atoms with van der Waals surface area (Å²) in [7, 11) is 0. The minimum absolute atomic E-state index is 0.615. The Morgan fingerprint density at radius 3 is 3.00 bits per heavy atom. The summed E-state index contributed by atoms with van der Waals surface area (Å²) in [4.78, 5) is 6.66. The number of nitrogen functional groups attached to an aromatic ring is 1. The molecular weight excluding hydrogens is 248 g/mol. The van der Waals surface area contributed by atoms with Gasteiger partial charge in [0, 0.05) is 31.2 Å². The van der Waals surface area contributed by atoms with Gasteiger partial charge in [-0.3, -0.25) is 0 Å². The van der Waals surface area contributed by atoms with Gasteiger partial charge in [-0.1, -0.05) is 11.6 Å². The molecule has 2 N–H and O–H groups in total. The van der Waals surface area contributed by atoms with Gasteiger partial charge in [0.25, 0.3) is 0 Å². The first kappa shape index (κ1) is 11.4. The molecule has 18 heavy (non-hydrogen) atoms. The molecule has 0 aliphatic carbocycles. The molecule has 1 aromatic heterocycles. The highest BCUT2D eigenvalue weighted by Crippen LogP contribution is 2.31. The van der Waals surface area contributed by atoms with Crippen molar-refractivity contribution in [2.24, 2.45) is 0 Å². The van der Waals surface area contributed by atoms with Gasteiger partial charge in [-0.05, 0) is 24.6 Å². The standard InChI is InChI=1S/C13H15ClN4/c1-9-6-11(15)10(14)7-12(9)18-5-4-17-3-2-16-13(17)8-18/h2-3,6-7H,4-5,8,15H2,1H3. The zero-order valence-electron chi connectivity index (χ0n) is 10.2. The Kier molecular flexibility index (Phi) is 2.67. The summed E-state index contributed by atoms with van der Waals surface area (Å²) in [6.45, 7) is 4.79. The average Bonchev–Trinajstić information content (AvgIpc) is 2.80. The molecule has 5 heteroatoms. The molecule has 0 radical (unpaired) electrons. The Balaban J connectivity index is 1.95. The molecule has 1 aliphatic heterocycles. The molecule has 2 heterocycles. The van der Waals surface area contributed by atoms with E-state index in [2.05, 4.69) is 21.4 Å². The predicted octanol–water partition coefficient (Wildman–Crippen LogP) is 2.45. The molecule has 4 nitrogen and oxygen atoms in total. The van der Waals surface area contributed by atoms with Crippen LogP contribution in [0.2, 0.25) is 5.02 Å². The molecule has 0 spiro atoms. The van der Waals surface area contributed by atoms with E-state index < -0.39 is 0 Å². The van der Waals surface area contributed by atoms with Crippen LogP contribution in [0.1, 0.15) is 11.4 Å². The number of aromatic nitrogens is 2. The molecular formula is C13H15ClN4. The number of anilines is 2. The van der Waals surface area contributed by atoms with Gasteiger partial charge in [0.15, 0.2) is 0 Å². The Morgan fingerprint density at radius 2 is 2.17 bits per heavy atom. The van der Waals surface area contributed by atoms with E-state index in [1.54, 1.807) is 0 Å². The van der Waals surface area contributed by atoms with Gasteiger partial charge in [0.05, 0.1) is 17.3 Å². The molecule has 0 unspecified atom stereocenters. The highest BCUT2D eigenvalue weighted by atomic mass is 35.5. The van der Waals surface area contributed by atoms with Crippen molar-refractivity contribution in [3.63, 3.8) is 0 Å². The fourth-order valence-corrected chi connectivity index (χ4v) is 2.57. The minimum atomic E-state index is 0.615. The maximum Gasteiger partial charge on any atom is 0.128 e. The minimum Gasteiger partial charge on any atom is -0.398 e. The first-order valence-corrected chi connectivity index (χ1v) is 6.33. The monoisotopic (exact) mass is 262 g/mol. The van der Waals surface area contributed by atoms with Crippen LogP contribution in [0.5, 0.6) is 0 Å². The van der Waals surface area contributed by atoms with Crippen LogP contribution in [0, 0.1) is 6.92 Å². The van der Waals surface area contributed by atoms with E-state index in [0.29, 0.717) is 10.7 Å². The number of halogens is 1. The van der Waals surface area contributed by atoms with Crippen LogP contribution in [-0.2, 0) is 13.1 Å². The van der Waals surface area contributed by atoms with Crippen LogP contribution in [0.15, 0.2) is 24.5 Å². The first-order chi connectivity index (χ1) is 8.65. The van der Waals surface area contributed by atoms with E-state index >= 15 is 0 Å². The lowest BCUT2D eigenvalue weighted by molar-refractivity contribution is 0.559. The van der Waals surface area contributed by atoms with Crippen molar-refractivity contribution < 1.29 is 0 Å². The summed E-state index contributed by atoms with van der Waals surface area (Å²) in [6.07, 6.45) is 3.87. The van der Waals surface area contributed by atoms with Crippen molar-refractivity contribution in [2.75, 3.05) is 17.2 Å². The van der Waals surface area contributed by atoms with Crippen LogP contribution < -0.4 is 10.6 Å². The summed E-state index contributed by atoms with van der Waals surface area (Å²) in [5.74, 6) is 1.09. The second-order valence-electron chi connectivity index (χ2n) is 4.62. The topological polar surface area (TPSA) is 47.1 Å². The largest absolute Gasteiger partial charge is 0.398 e. The van der Waals surface area contributed by atoms with E-state index in [-0.39, 0.29) is 0 Å². The predicted molar refractivity (Wildman–Crippen MR) is 73.9 cm³/mol. The van der Waals surface area contributed by atoms with Crippen molar-refractivity contribution in [3.8, 4) is 0 Å². The Labute approximate surface area is 111 Å². The quantitative estimate of drug-likeness (QED) is 0.803. The lowest BCUT2D eigenvalue weighted by Crippen LogP contribution is -2.34. The molecule has 2 aromatic rings. The molecule has 1 aliphatic rings. The molecule has 0 amide bonds. The number of fused-ring (bicyclic) bond motifs is 1. The lowest BCUT2D eigenvalue weighted by Gasteiger charge is -2.31. The number of imidazole rings is 1. The van der Waals surface area contributed by atoms with Crippen LogP contribution in [-0.4, -0.2) is 16.1 Å². The number of hydrogen-bond acceptors (Lipinski definition) is 3. The summed E-state index contributed by atoms with van der Waals surface area (Å²) in [5, 5.41) is 0.615. The van der Waals surface area contributed by atoms with E-state index in [9.17, 15) is 0 Å². The number of rotatable bonds is 1. The zero-order chi connectivity index (χ0) is 12.7. The van der Waals surface area contributed by atoms with E-state index in [0.717, 1.165) is 36.7 Å². The van der Waals surface area contributed by atoms with E-state index in [1.165, 1.54) is 0 Å². The smallest absolute Gasteiger partial charge is 0.128 e. The Bertz CT molecular complexity index is 591. The summed E-state index contributed by atoms with van der Waals surface area (Å²) in [6, 6.07) is 3.88. The number of aryl methyl sites for hydroxylation is 1. The third-order valence-electron chi connectivity index (χ3n) is 3.40. The number of nitrogens with two attached hydrogens (primary N) is 1. The second kappa shape index (κ2) is 4.21. The first-order valence-electron chi connectivity index (χ1n) is 5.96. The van der Waals surface area contributed by atoms with Gasteiger partial charge in [0.2, 0.25) is 0 Å². The Morgan fingerprint density at radius 1 is 1.33 bits per heavy atom. The SMILES string of the molecule is Cc1cc(N)c(Cl)cc1N1CCn2ccnc2C1. The molecule has 3 rings (SSSR count). The average molecular weight is 263 g/mol. The van der Waals surface area contributed by atoms with Gasteiger partial charge in [0.1, 0.15) is 5.82 Å². The van der Waals surface area contributed by atoms with E-state index in [4.69, 9.17) is 17.3 Å². The van der Waals surface area contributed by atoms with Crippen LogP contribution in [0.4, 0.5) is 11.4 Å². The fourth-order valence-electron chi connectivity index (χ4n) is 2.41. The second-order valence-corrected chi connectivity index (χ2v) is 5.03. The maximum atomic E-state index is 6.11. The van der Waals surface area contributed by atoms with E-state index in [1.807, 2.05) is 24.5 Å². The van der Waals surface area contributed by atoms with Gasteiger partial charge in [-0.2, -0.15) is 0 Å². The van der Waals surface area contributed by atoms with Gasteiger partial charge >= 0.3 is 0 Å². The van der Waals surface area contributed by atoms with Gasteiger partial charge < -0.3 is 15.2 Å². The molecule has 1 aromatic carbocycles. The normalized spacial score (nSPS) is 14.7. The van der Waals surface area contributed by atoms with Gasteiger partial charge in [-0.15, -0.1) is 0 Å². The molecule has 94 valence electrons. The van der Waals surface area contributed by atoms with Crippen molar-refractivity contribution in [3.05, 3.63) is 40.9 Å². The zero-order valence-corrected chi connectivity index (χ0v) is 11.0. The number of nitrogens with zero attached hydrogens (tertiary/aromatic N) is 3. The highest BCUT2D eigenvalue weighted by Gasteiger charge is 2.18. The molecule has 0 fully saturated rings. The molecule has 0 bridgehead atoms. The number of hydrogen-bond donors (Lipinski definition) is 1. The highest BCUT2D eigenvalue weighted by molar-refractivity contribution is 6.33. The summed E-state index contributed by atoms with van der Waals surface area (Å²) < 4.78 is 2.19.